The van der Waals surface area contributed by atoms with Gasteiger partial charge in [-0.15, -0.1) is 11.3 Å². The standard InChI is InChI=1S/C22H26N4OS/c1-24-12-14-26(15-13-24)20(21-5-4-16-28-21)17-23-22(27)18-6-8-19(9-7-18)25-10-2-3-11-25/h2-11,16,20H,12-15,17H2,1H3,(H,23,27). The predicted molar refractivity (Wildman–Crippen MR) is 114 cm³/mol. The van der Waals surface area contributed by atoms with Gasteiger partial charge in [-0.3, -0.25) is 9.69 Å². The number of amides is 1. The molecule has 146 valence electrons. The number of thiophene rings is 1. The number of nitrogens with one attached hydrogen (secondary N) is 1. The maximum atomic E-state index is 12.7. The zero-order valence-corrected chi connectivity index (χ0v) is 16.9. The molecule has 4 rings (SSSR count). The quantitative estimate of drug-likeness (QED) is 0.698. The van der Waals surface area contributed by atoms with Gasteiger partial charge in [-0.25, -0.2) is 0 Å². The molecule has 1 aromatic carbocycles. The van der Waals surface area contributed by atoms with Crippen LogP contribution in [0.2, 0.25) is 0 Å². The highest BCUT2D eigenvalue weighted by Gasteiger charge is 2.25. The third-order valence-corrected chi connectivity index (χ3v) is 6.31. The first-order valence-corrected chi connectivity index (χ1v) is 10.6. The molecule has 3 heterocycles. The number of aromatic nitrogens is 1. The maximum Gasteiger partial charge on any atom is 0.251 e. The topological polar surface area (TPSA) is 40.5 Å². The summed E-state index contributed by atoms with van der Waals surface area (Å²) < 4.78 is 2.03. The van der Waals surface area contributed by atoms with Crippen molar-refractivity contribution in [2.45, 2.75) is 6.04 Å². The van der Waals surface area contributed by atoms with E-state index in [9.17, 15) is 4.79 Å². The number of hydrogen-bond acceptors (Lipinski definition) is 4. The Balaban J connectivity index is 1.41. The zero-order valence-electron chi connectivity index (χ0n) is 16.1. The van der Waals surface area contributed by atoms with Crippen LogP contribution in [-0.2, 0) is 0 Å². The van der Waals surface area contributed by atoms with Gasteiger partial charge in [-0.05, 0) is 54.9 Å². The molecule has 5 nitrogen and oxygen atoms in total. The van der Waals surface area contributed by atoms with Crippen LogP contribution in [0.4, 0.5) is 0 Å². The Kier molecular flexibility index (Phi) is 5.90. The minimum Gasteiger partial charge on any atom is -0.350 e. The Hall–Kier alpha value is -2.41. The molecule has 1 saturated heterocycles. The number of carbonyl (C=O) groups excluding carboxylic acids is 1. The van der Waals surface area contributed by atoms with E-state index in [0.29, 0.717) is 12.1 Å². The molecule has 28 heavy (non-hydrogen) atoms. The Labute approximate surface area is 170 Å². The van der Waals surface area contributed by atoms with Crippen LogP contribution in [0.15, 0.2) is 66.3 Å². The first-order chi connectivity index (χ1) is 13.7. The summed E-state index contributed by atoms with van der Waals surface area (Å²) in [6.45, 7) is 4.82. The Morgan fingerprint density at radius 1 is 1.04 bits per heavy atom. The van der Waals surface area contributed by atoms with Crippen molar-refractivity contribution in [2.24, 2.45) is 0 Å². The molecule has 0 aliphatic carbocycles. The van der Waals surface area contributed by atoms with Gasteiger partial charge in [-0.2, -0.15) is 0 Å². The number of hydrogen-bond donors (Lipinski definition) is 1. The highest BCUT2D eigenvalue weighted by molar-refractivity contribution is 7.10. The molecule has 1 amide bonds. The SMILES string of the molecule is CN1CCN(C(CNC(=O)c2ccc(-n3cccc3)cc2)c2cccs2)CC1. The van der Waals surface area contributed by atoms with Gasteiger partial charge in [0.25, 0.3) is 5.91 Å². The van der Waals surface area contributed by atoms with Gasteiger partial charge < -0.3 is 14.8 Å². The van der Waals surface area contributed by atoms with E-state index in [1.807, 2.05) is 53.4 Å². The van der Waals surface area contributed by atoms with Crippen molar-refractivity contribution in [1.29, 1.82) is 0 Å². The molecule has 1 N–H and O–H groups in total. The molecule has 0 bridgehead atoms. The summed E-state index contributed by atoms with van der Waals surface area (Å²) in [5.74, 6) is -0.0188. The van der Waals surface area contributed by atoms with Crippen molar-refractivity contribution in [3.63, 3.8) is 0 Å². The lowest BCUT2D eigenvalue weighted by atomic mass is 10.1. The molecule has 6 heteroatoms. The molecule has 0 radical (unpaired) electrons. The first kappa shape index (κ1) is 18.9. The summed E-state index contributed by atoms with van der Waals surface area (Å²) in [5, 5.41) is 5.27. The van der Waals surface area contributed by atoms with Crippen LogP contribution >= 0.6 is 11.3 Å². The van der Waals surface area contributed by atoms with Crippen molar-refractivity contribution >= 4 is 17.2 Å². The molecule has 3 aromatic rings. The molecule has 2 aromatic heterocycles. The van der Waals surface area contributed by atoms with Crippen LogP contribution in [0.3, 0.4) is 0 Å². The van der Waals surface area contributed by atoms with Gasteiger partial charge >= 0.3 is 0 Å². The highest BCUT2D eigenvalue weighted by atomic mass is 32.1. The number of benzene rings is 1. The van der Waals surface area contributed by atoms with Crippen LogP contribution in [-0.4, -0.2) is 60.0 Å². The van der Waals surface area contributed by atoms with E-state index >= 15 is 0 Å². The summed E-state index contributed by atoms with van der Waals surface area (Å²) in [4.78, 5) is 18.9. The third kappa shape index (κ3) is 4.35. The van der Waals surface area contributed by atoms with E-state index in [1.165, 1.54) is 4.88 Å². The molecular weight excluding hydrogens is 368 g/mol. The average molecular weight is 395 g/mol. The van der Waals surface area contributed by atoms with E-state index < -0.39 is 0 Å². The summed E-state index contributed by atoms with van der Waals surface area (Å²) in [7, 11) is 2.16. The normalized spacial score (nSPS) is 16.8. The number of carbonyl (C=O) groups is 1. The van der Waals surface area contributed by atoms with Gasteiger partial charge in [0.05, 0.1) is 6.04 Å². The van der Waals surface area contributed by atoms with E-state index in [4.69, 9.17) is 0 Å². The van der Waals surface area contributed by atoms with Gasteiger partial charge in [0.2, 0.25) is 0 Å². The number of likely N-dealkylation sites (N-methyl/N-ethyl adjacent to an activating group) is 1. The molecule has 0 spiro atoms. The largest absolute Gasteiger partial charge is 0.350 e. The average Bonchev–Trinajstić information content (AvgIpc) is 3.44. The molecule has 0 saturated carbocycles. The van der Waals surface area contributed by atoms with E-state index in [-0.39, 0.29) is 11.9 Å². The molecular formula is C22H26N4OS. The molecule has 1 atom stereocenters. The Morgan fingerprint density at radius 2 is 1.75 bits per heavy atom. The first-order valence-electron chi connectivity index (χ1n) is 9.68. The van der Waals surface area contributed by atoms with Crippen molar-refractivity contribution in [3.8, 4) is 5.69 Å². The van der Waals surface area contributed by atoms with Crippen LogP contribution in [0, 0.1) is 0 Å². The molecule has 1 unspecified atom stereocenters. The fourth-order valence-corrected chi connectivity index (χ4v) is 4.47. The predicted octanol–water partition coefficient (Wildman–Crippen LogP) is 3.26. The Morgan fingerprint density at radius 3 is 2.39 bits per heavy atom. The van der Waals surface area contributed by atoms with Crippen LogP contribution < -0.4 is 5.32 Å². The minimum absolute atomic E-state index is 0.0188. The fraction of sp³-hybridized carbons (Fsp3) is 0.318. The second-order valence-electron chi connectivity index (χ2n) is 7.22. The second-order valence-corrected chi connectivity index (χ2v) is 8.20. The zero-order chi connectivity index (χ0) is 19.3. The highest BCUT2D eigenvalue weighted by Crippen LogP contribution is 2.25. The summed E-state index contributed by atoms with van der Waals surface area (Å²) in [5.41, 5.74) is 1.75. The monoisotopic (exact) mass is 394 g/mol. The summed E-state index contributed by atoms with van der Waals surface area (Å²) in [6, 6.07) is 16.2. The van der Waals surface area contributed by atoms with Crippen molar-refractivity contribution in [1.82, 2.24) is 19.7 Å². The van der Waals surface area contributed by atoms with Gasteiger partial charge in [0.15, 0.2) is 0 Å². The van der Waals surface area contributed by atoms with Crippen LogP contribution in [0.5, 0.6) is 0 Å². The maximum absolute atomic E-state index is 12.7. The number of piperazine rings is 1. The minimum atomic E-state index is -0.0188. The van der Waals surface area contributed by atoms with Crippen LogP contribution in [0.25, 0.3) is 5.69 Å². The smallest absolute Gasteiger partial charge is 0.251 e. The van der Waals surface area contributed by atoms with Crippen LogP contribution in [0.1, 0.15) is 21.3 Å². The van der Waals surface area contributed by atoms with E-state index in [0.717, 1.165) is 31.9 Å². The number of nitrogens with zero attached hydrogens (tertiary/aromatic N) is 3. The van der Waals surface area contributed by atoms with Crippen molar-refractivity contribution in [3.05, 3.63) is 76.7 Å². The molecule has 1 aliphatic heterocycles. The second kappa shape index (κ2) is 8.73. The third-order valence-electron chi connectivity index (χ3n) is 5.34. The number of rotatable bonds is 6. The summed E-state index contributed by atoms with van der Waals surface area (Å²) >= 11 is 1.76. The van der Waals surface area contributed by atoms with Gasteiger partial charge in [0.1, 0.15) is 0 Å². The Bertz CT molecular complexity index is 866. The van der Waals surface area contributed by atoms with E-state index in [1.54, 1.807) is 11.3 Å². The van der Waals surface area contributed by atoms with Gasteiger partial charge in [0, 0.05) is 61.2 Å². The van der Waals surface area contributed by atoms with E-state index in [2.05, 4.69) is 39.7 Å². The lowest BCUT2D eigenvalue weighted by Crippen LogP contribution is -2.48. The summed E-state index contributed by atoms with van der Waals surface area (Å²) in [6.07, 6.45) is 3.99. The molecule has 1 fully saturated rings. The lowest BCUT2D eigenvalue weighted by molar-refractivity contribution is 0.0890. The van der Waals surface area contributed by atoms with Crippen molar-refractivity contribution in [2.75, 3.05) is 39.8 Å². The lowest BCUT2D eigenvalue weighted by Gasteiger charge is -2.37. The van der Waals surface area contributed by atoms with Crippen molar-refractivity contribution < 1.29 is 4.79 Å². The van der Waals surface area contributed by atoms with Gasteiger partial charge in [-0.1, -0.05) is 6.07 Å². The molecule has 1 aliphatic rings. The fourth-order valence-electron chi connectivity index (χ4n) is 3.61.